The Bertz CT molecular complexity index is 929. The van der Waals surface area contributed by atoms with E-state index in [2.05, 4.69) is 15.3 Å². The first kappa shape index (κ1) is 20.9. The van der Waals surface area contributed by atoms with Crippen molar-refractivity contribution in [2.75, 3.05) is 18.0 Å². The fourth-order valence-corrected chi connectivity index (χ4v) is 4.66. The van der Waals surface area contributed by atoms with E-state index < -0.39 is 0 Å². The number of nitrogens with zero attached hydrogens (tertiary/aromatic N) is 3. The zero-order valence-corrected chi connectivity index (χ0v) is 18.0. The summed E-state index contributed by atoms with van der Waals surface area (Å²) in [6, 6.07) is 10.8. The molecule has 30 heavy (non-hydrogen) atoms. The maximum atomic E-state index is 12.7. The SMILES string of the molecule is O=C(NC1CCCCCC1)C1CCN(c2ccc(=O)n(-c3cccc(Cl)c3)n2)CC1. The van der Waals surface area contributed by atoms with Gasteiger partial charge in [-0.1, -0.05) is 43.4 Å². The molecule has 2 aromatic rings. The van der Waals surface area contributed by atoms with E-state index in [1.807, 2.05) is 6.07 Å². The van der Waals surface area contributed by atoms with Gasteiger partial charge in [-0.2, -0.15) is 4.68 Å². The summed E-state index contributed by atoms with van der Waals surface area (Å²) >= 11 is 6.07. The Balaban J connectivity index is 1.38. The van der Waals surface area contributed by atoms with Crippen molar-refractivity contribution in [2.24, 2.45) is 5.92 Å². The van der Waals surface area contributed by atoms with Crippen LogP contribution in [0.25, 0.3) is 5.69 Å². The lowest BCUT2D eigenvalue weighted by Crippen LogP contribution is -2.44. The van der Waals surface area contributed by atoms with Crippen molar-refractivity contribution in [2.45, 2.75) is 57.4 Å². The molecule has 1 aromatic carbocycles. The molecular formula is C23H29ClN4O2. The third-order valence-electron chi connectivity index (χ3n) is 6.23. The van der Waals surface area contributed by atoms with Crippen LogP contribution in [-0.4, -0.2) is 34.8 Å². The molecule has 1 aromatic heterocycles. The lowest BCUT2D eigenvalue weighted by atomic mass is 9.95. The molecule has 1 amide bonds. The first-order chi connectivity index (χ1) is 14.6. The van der Waals surface area contributed by atoms with Gasteiger partial charge in [0.2, 0.25) is 5.91 Å². The molecule has 1 aliphatic heterocycles. The molecule has 0 atom stereocenters. The van der Waals surface area contributed by atoms with Crippen molar-refractivity contribution in [1.29, 1.82) is 0 Å². The number of piperidine rings is 1. The Kier molecular flexibility index (Phi) is 6.72. The molecule has 7 heteroatoms. The number of hydrogen-bond acceptors (Lipinski definition) is 4. The maximum absolute atomic E-state index is 12.7. The van der Waals surface area contributed by atoms with Crippen molar-refractivity contribution in [3.63, 3.8) is 0 Å². The highest BCUT2D eigenvalue weighted by Crippen LogP contribution is 2.23. The van der Waals surface area contributed by atoms with Crippen LogP contribution in [0.5, 0.6) is 0 Å². The number of rotatable bonds is 4. The summed E-state index contributed by atoms with van der Waals surface area (Å²) in [5.41, 5.74) is 0.450. The predicted octanol–water partition coefficient (Wildman–Crippen LogP) is 3.94. The highest BCUT2D eigenvalue weighted by Gasteiger charge is 2.27. The van der Waals surface area contributed by atoms with Gasteiger partial charge >= 0.3 is 0 Å². The van der Waals surface area contributed by atoms with Gasteiger partial charge in [-0.25, -0.2) is 0 Å². The minimum absolute atomic E-state index is 0.0586. The van der Waals surface area contributed by atoms with Gasteiger partial charge in [0.25, 0.3) is 5.56 Å². The van der Waals surface area contributed by atoms with Crippen LogP contribution in [0.15, 0.2) is 41.2 Å². The summed E-state index contributed by atoms with van der Waals surface area (Å²) in [6.45, 7) is 1.51. The largest absolute Gasteiger partial charge is 0.355 e. The summed E-state index contributed by atoms with van der Waals surface area (Å²) in [6.07, 6.45) is 8.84. The second kappa shape index (κ2) is 9.65. The standard InChI is InChI=1S/C23H29ClN4O2/c24-18-6-5-9-20(16-18)28-22(29)11-10-21(26-28)27-14-12-17(13-15-27)23(30)25-19-7-3-1-2-4-8-19/h5-6,9-11,16-17,19H,1-4,7-8,12-15H2,(H,25,30). The van der Waals surface area contributed by atoms with Crippen LogP contribution < -0.4 is 15.8 Å². The van der Waals surface area contributed by atoms with Gasteiger partial charge in [0.1, 0.15) is 5.82 Å². The molecule has 1 saturated carbocycles. The lowest BCUT2D eigenvalue weighted by molar-refractivity contribution is -0.126. The molecule has 2 heterocycles. The average molecular weight is 429 g/mol. The third-order valence-corrected chi connectivity index (χ3v) is 6.47. The fraction of sp³-hybridized carbons (Fsp3) is 0.522. The number of nitrogens with one attached hydrogen (secondary N) is 1. The third kappa shape index (κ3) is 5.04. The number of carbonyl (C=O) groups excluding carboxylic acids is 1. The van der Waals surface area contributed by atoms with Gasteiger partial charge in [0.05, 0.1) is 5.69 Å². The van der Waals surface area contributed by atoms with Crippen LogP contribution in [0, 0.1) is 5.92 Å². The molecular weight excluding hydrogens is 400 g/mol. The average Bonchev–Trinajstić information content (AvgIpc) is 3.03. The first-order valence-electron chi connectivity index (χ1n) is 11.0. The van der Waals surface area contributed by atoms with Crippen LogP contribution in [0.3, 0.4) is 0 Å². The number of halogens is 1. The van der Waals surface area contributed by atoms with Crippen molar-refractivity contribution in [3.8, 4) is 5.69 Å². The summed E-state index contributed by atoms with van der Waals surface area (Å²) in [4.78, 5) is 27.2. The van der Waals surface area contributed by atoms with Crippen LogP contribution >= 0.6 is 11.6 Å². The van der Waals surface area contributed by atoms with Crippen molar-refractivity contribution in [3.05, 3.63) is 51.8 Å². The number of carbonyl (C=O) groups is 1. The van der Waals surface area contributed by atoms with E-state index in [1.165, 1.54) is 36.4 Å². The Morgan fingerprint density at radius 2 is 1.73 bits per heavy atom. The monoisotopic (exact) mass is 428 g/mol. The quantitative estimate of drug-likeness (QED) is 0.749. The van der Waals surface area contributed by atoms with Crippen molar-refractivity contribution >= 4 is 23.3 Å². The van der Waals surface area contributed by atoms with E-state index in [1.54, 1.807) is 24.3 Å². The van der Waals surface area contributed by atoms with Gasteiger partial charge in [0.15, 0.2) is 0 Å². The van der Waals surface area contributed by atoms with Crippen molar-refractivity contribution < 1.29 is 4.79 Å². The Morgan fingerprint density at radius 1 is 1.00 bits per heavy atom. The summed E-state index contributed by atoms with van der Waals surface area (Å²) < 4.78 is 1.38. The van der Waals surface area contributed by atoms with E-state index in [-0.39, 0.29) is 17.4 Å². The van der Waals surface area contributed by atoms with Gasteiger partial charge in [-0.05, 0) is 49.9 Å². The second-order valence-corrected chi connectivity index (χ2v) is 8.82. The molecule has 1 N–H and O–H groups in total. The summed E-state index contributed by atoms with van der Waals surface area (Å²) in [5.74, 6) is 1.01. The molecule has 1 saturated heterocycles. The molecule has 6 nitrogen and oxygen atoms in total. The van der Waals surface area contributed by atoms with E-state index in [0.29, 0.717) is 16.8 Å². The Hall–Kier alpha value is -2.34. The topological polar surface area (TPSA) is 67.2 Å². The van der Waals surface area contributed by atoms with E-state index >= 15 is 0 Å². The molecule has 0 spiro atoms. The normalized spacial score (nSPS) is 18.8. The molecule has 0 radical (unpaired) electrons. The number of aromatic nitrogens is 2. The lowest BCUT2D eigenvalue weighted by Gasteiger charge is -2.33. The highest BCUT2D eigenvalue weighted by molar-refractivity contribution is 6.30. The molecule has 0 bridgehead atoms. The fourth-order valence-electron chi connectivity index (χ4n) is 4.48. The van der Waals surface area contributed by atoms with Crippen molar-refractivity contribution in [1.82, 2.24) is 15.1 Å². The molecule has 2 fully saturated rings. The van der Waals surface area contributed by atoms with Crippen LogP contribution in [-0.2, 0) is 4.79 Å². The minimum Gasteiger partial charge on any atom is -0.355 e. The summed E-state index contributed by atoms with van der Waals surface area (Å²) in [5, 5.41) is 8.41. The van der Waals surface area contributed by atoms with Crippen LogP contribution in [0.1, 0.15) is 51.4 Å². The predicted molar refractivity (Wildman–Crippen MR) is 119 cm³/mol. The van der Waals surface area contributed by atoms with E-state index in [9.17, 15) is 9.59 Å². The van der Waals surface area contributed by atoms with E-state index in [4.69, 9.17) is 11.6 Å². The highest BCUT2D eigenvalue weighted by atomic mass is 35.5. The van der Waals surface area contributed by atoms with Crippen LogP contribution in [0.4, 0.5) is 5.82 Å². The molecule has 2 aliphatic rings. The number of benzene rings is 1. The molecule has 4 rings (SSSR count). The number of amides is 1. The maximum Gasteiger partial charge on any atom is 0.271 e. The van der Waals surface area contributed by atoms with Gasteiger partial charge in [-0.3, -0.25) is 9.59 Å². The van der Waals surface area contributed by atoms with E-state index in [0.717, 1.165) is 44.6 Å². The zero-order valence-electron chi connectivity index (χ0n) is 17.2. The van der Waals surface area contributed by atoms with Gasteiger partial charge < -0.3 is 10.2 Å². The Labute approximate surface area is 182 Å². The second-order valence-electron chi connectivity index (χ2n) is 8.38. The first-order valence-corrected chi connectivity index (χ1v) is 11.4. The van der Waals surface area contributed by atoms with Gasteiger partial charge in [0, 0.05) is 36.1 Å². The van der Waals surface area contributed by atoms with Crippen LogP contribution in [0.2, 0.25) is 5.02 Å². The zero-order chi connectivity index (χ0) is 20.9. The minimum atomic E-state index is -0.196. The smallest absolute Gasteiger partial charge is 0.271 e. The van der Waals surface area contributed by atoms with Gasteiger partial charge in [-0.15, -0.1) is 5.10 Å². The Morgan fingerprint density at radius 3 is 2.43 bits per heavy atom. The number of hydrogen-bond donors (Lipinski definition) is 1. The summed E-state index contributed by atoms with van der Waals surface area (Å²) in [7, 11) is 0. The molecule has 0 unspecified atom stereocenters. The number of anilines is 1. The molecule has 1 aliphatic carbocycles. The molecule has 160 valence electrons.